The van der Waals surface area contributed by atoms with Gasteiger partial charge < -0.3 is 9.64 Å². The Morgan fingerprint density at radius 1 is 1.38 bits per heavy atom. The molecule has 3 rings (SSSR count). The van der Waals surface area contributed by atoms with Crippen LogP contribution in [0.2, 0.25) is 0 Å². The van der Waals surface area contributed by atoms with Crippen molar-refractivity contribution in [3.8, 4) is 5.75 Å². The van der Waals surface area contributed by atoms with Crippen LogP contribution in [-0.2, 0) is 0 Å². The van der Waals surface area contributed by atoms with E-state index in [1.54, 1.807) is 7.11 Å². The zero-order valence-electron chi connectivity index (χ0n) is 14.7. The second-order valence-electron chi connectivity index (χ2n) is 6.52. The monoisotopic (exact) mass is 344 g/mol. The summed E-state index contributed by atoms with van der Waals surface area (Å²) in [4.78, 5) is 20.5. The van der Waals surface area contributed by atoms with Gasteiger partial charge in [0.05, 0.1) is 23.9 Å². The number of aryl methyl sites for hydroxylation is 1. The van der Waals surface area contributed by atoms with E-state index in [0.29, 0.717) is 5.92 Å². The molecule has 2 aromatic rings. The number of hydrogen-bond acceptors (Lipinski definition) is 4. The lowest BCUT2D eigenvalue weighted by atomic mass is 10.0. The van der Waals surface area contributed by atoms with Crippen LogP contribution in [-0.4, -0.2) is 29.4 Å². The van der Waals surface area contributed by atoms with Crippen LogP contribution in [0.5, 0.6) is 5.75 Å². The van der Waals surface area contributed by atoms with E-state index in [4.69, 9.17) is 4.74 Å². The number of rotatable bonds is 4. The number of ether oxygens (including phenoxy) is 1. The van der Waals surface area contributed by atoms with Crippen LogP contribution in [0.3, 0.4) is 0 Å². The van der Waals surface area contributed by atoms with E-state index >= 15 is 0 Å². The number of nitrogens with zero attached hydrogens (tertiary/aromatic N) is 2. The summed E-state index contributed by atoms with van der Waals surface area (Å²) in [6.45, 7) is 6.94. The van der Waals surface area contributed by atoms with Gasteiger partial charge in [-0.2, -0.15) is 0 Å². The van der Waals surface area contributed by atoms with Crippen LogP contribution >= 0.6 is 11.3 Å². The van der Waals surface area contributed by atoms with Crippen LogP contribution in [0, 0.1) is 6.92 Å². The molecule has 4 nitrogen and oxygen atoms in total. The Kier molecular flexibility index (Phi) is 4.90. The average Bonchev–Trinajstić information content (AvgIpc) is 3.21. The Hall–Kier alpha value is -1.88. The first-order chi connectivity index (χ1) is 11.5. The summed E-state index contributed by atoms with van der Waals surface area (Å²) in [5, 5.41) is 1.03. The Bertz CT molecular complexity index is 739. The molecule has 1 aromatic heterocycles. The summed E-state index contributed by atoms with van der Waals surface area (Å²) < 4.78 is 5.50. The minimum Gasteiger partial charge on any atom is -0.496 e. The molecule has 2 heterocycles. The second-order valence-corrected chi connectivity index (χ2v) is 7.55. The molecule has 24 heavy (non-hydrogen) atoms. The van der Waals surface area contributed by atoms with Crippen molar-refractivity contribution >= 4 is 17.2 Å². The van der Waals surface area contributed by atoms with Crippen LogP contribution < -0.4 is 4.74 Å². The second kappa shape index (κ2) is 6.93. The summed E-state index contributed by atoms with van der Waals surface area (Å²) in [7, 11) is 1.68. The van der Waals surface area contributed by atoms with Gasteiger partial charge in [0.1, 0.15) is 10.6 Å². The maximum Gasteiger partial charge on any atom is 0.266 e. The minimum absolute atomic E-state index is 0.0812. The lowest BCUT2D eigenvalue weighted by Crippen LogP contribution is -2.30. The molecule has 1 aliphatic heterocycles. The van der Waals surface area contributed by atoms with Crippen molar-refractivity contribution in [3.05, 3.63) is 45.4 Å². The summed E-state index contributed by atoms with van der Waals surface area (Å²) in [5.41, 5.74) is 1.94. The quantitative estimate of drug-likeness (QED) is 0.816. The summed E-state index contributed by atoms with van der Waals surface area (Å²) >= 11 is 1.54. The highest BCUT2D eigenvalue weighted by atomic mass is 32.1. The Balaban J connectivity index is 1.92. The maximum absolute atomic E-state index is 13.1. The largest absolute Gasteiger partial charge is 0.496 e. The van der Waals surface area contributed by atoms with Gasteiger partial charge in [-0.25, -0.2) is 4.98 Å². The number of thiazole rings is 1. The van der Waals surface area contributed by atoms with Crippen molar-refractivity contribution in [2.75, 3.05) is 13.7 Å². The molecule has 0 saturated carbocycles. The highest BCUT2D eigenvalue weighted by Crippen LogP contribution is 2.38. The number of para-hydroxylation sites is 1. The molecule has 1 unspecified atom stereocenters. The topological polar surface area (TPSA) is 42.4 Å². The van der Waals surface area contributed by atoms with Gasteiger partial charge in [0, 0.05) is 18.0 Å². The Morgan fingerprint density at radius 2 is 2.12 bits per heavy atom. The first-order valence-corrected chi connectivity index (χ1v) is 9.25. The van der Waals surface area contributed by atoms with Crippen molar-refractivity contribution in [2.24, 2.45) is 0 Å². The fourth-order valence-corrected chi connectivity index (χ4v) is 4.29. The highest BCUT2D eigenvalue weighted by Gasteiger charge is 2.34. The predicted octanol–water partition coefficient (Wildman–Crippen LogP) is 4.56. The van der Waals surface area contributed by atoms with Crippen LogP contribution in [0.1, 0.15) is 64.6 Å². The maximum atomic E-state index is 13.1. The van der Waals surface area contributed by atoms with E-state index in [1.807, 2.05) is 30.0 Å². The van der Waals surface area contributed by atoms with Crippen molar-refractivity contribution in [2.45, 2.75) is 45.6 Å². The first-order valence-electron chi connectivity index (χ1n) is 8.44. The van der Waals surface area contributed by atoms with Gasteiger partial charge in [-0.05, 0) is 25.8 Å². The molecule has 0 aliphatic carbocycles. The highest BCUT2D eigenvalue weighted by molar-refractivity contribution is 7.13. The average molecular weight is 344 g/mol. The van der Waals surface area contributed by atoms with Gasteiger partial charge in [0.15, 0.2) is 0 Å². The third-order valence-electron chi connectivity index (χ3n) is 4.51. The zero-order valence-corrected chi connectivity index (χ0v) is 15.5. The summed E-state index contributed by atoms with van der Waals surface area (Å²) in [6.07, 6.45) is 1.99. The third-order valence-corrected chi connectivity index (χ3v) is 5.96. The van der Waals surface area contributed by atoms with Crippen LogP contribution in [0.4, 0.5) is 0 Å². The zero-order chi connectivity index (χ0) is 17.3. The molecular weight excluding hydrogens is 320 g/mol. The van der Waals surface area contributed by atoms with E-state index in [1.165, 1.54) is 11.3 Å². The fraction of sp³-hybridized carbons (Fsp3) is 0.474. The molecule has 1 saturated heterocycles. The minimum atomic E-state index is 0.0812. The molecule has 1 amide bonds. The van der Waals surface area contributed by atoms with Crippen LogP contribution in [0.25, 0.3) is 0 Å². The molecule has 1 aliphatic rings. The van der Waals surface area contributed by atoms with Crippen LogP contribution in [0.15, 0.2) is 24.3 Å². The number of likely N-dealkylation sites (tertiary alicyclic amines) is 1. The van der Waals surface area contributed by atoms with Gasteiger partial charge in [-0.15, -0.1) is 11.3 Å². The molecule has 0 bridgehead atoms. The van der Waals surface area contributed by atoms with Crippen molar-refractivity contribution in [3.63, 3.8) is 0 Å². The normalized spacial score (nSPS) is 17.5. The van der Waals surface area contributed by atoms with Gasteiger partial charge in [0.25, 0.3) is 5.91 Å². The predicted molar refractivity (Wildman–Crippen MR) is 96.9 cm³/mol. The van der Waals surface area contributed by atoms with E-state index in [-0.39, 0.29) is 11.9 Å². The lowest BCUT2D eigenvalue weighted by Gasteiger charge is -2.26. The van der Waals surface area contributed by atoms with Gasteiger partial charge in [-0.1, -0.05) is 32.0 Å². The SMILES string of the molecule is COc1ccccc1C1CCCN1C(=O)c1sc(C(C)C)nc1C. The Morgan fingerprint density at radius 3 is 2.79 bits per heavy atom. The molecule has 1 aromatic carbocycles. The van der Waals surface area contributed by atoms with E-state index in [2.05, 4.69) is 24.9 Å². The number of carbonyl (C=O) groups excluding carboxylic acids is 1. The number of amides is 1. The van der Waals surface area contributed by atoms with Gasteiger partial charge in [0.2, 0.25) is 0 Å². The molecule has 128 valence electrons. The molecule has 0 radical (unpaired) electrons. The third kappa shape index (κ3) is 3.05. The number of benzene rings is 1. The molecule has 1 fully saturated rings. The number of hydrogen-bond donors (Lipinski definition) is 0. The summed E-state index contributed by atoms with van der Waals surface area (Å²) in [5.74, 6) is 1.30. The molecule has 0 spiro atoms. The molecule has 5 heteroatoms. The lowest BCUT2D eigenvalue weighted by molar-refractivity contribution is 0.0738. The number of methoxy groups -OCH3 is 1. The molecule has 0 N–H and O–H groups in total. The fourth-order valence-electron chi connectivity index (χ4n) is 3.27. The van der Waals surface area contributed by atoms with Crippen molar-refractivity contribution in [1.82, 2.24) is 9.88 Å². The number of aromatic nitrogens is 1. The standard InChI is InChI=1S/C19H24N2O2S/c1-12(2)18-20-13(3)17(24-18)19(22)21-11-7-9-15(21)14-8-5-6-10-16(14)23-4/h5-6,8,10,12,15H,7,9,11H2,1-4H3. The summed E-state index contributed by atoms with van der Waals surface area (Å²) in [6, 6.07) is 8.08. The first kappa shape index (κ1) is 17.0. The van der Waals surface area contributed by atoms with Gasteiger partial charge in [-0.3, -0.25) is 4.79 Å². The van der Waals surface area contributed by atoms with Crippen molar-refractivity contribution in [1.29, 1.82) is 0 Å². The molecular formula is C19H24N2O2S. The van der Waals surface area contributed by atoms with E-state index in [9.17, 15) is 4.79 Å². The molecule has 1 atom stereocenters. The Labute approximate surface area is 147 Å². The van der Waals surface area contributed by atoms with Crippen molar-refractivity contribution < 1.29 is 9.53 Å². The van der Waals surface area contributed by atoms with Gasteiger partial charge >= 0.3 is 0 Å². The van der Waals surface area contributed by atoms with E-state index in [0.717, 1.165) is 46.3 Å². The van der Waals surface area contributed by atoms with E-state index < -0.39 is 0 Å². The number of carbonyl (C=O) groups is 1. The smallest absolute Gasteiger partial charge is 0.266 e.